The number of benzene rings is 1. The summed E-state index contributed by atoms with van der Waals surface area (Å²) in [7, 11) is 1.94. The molecule has 2 rings (SSSR count). The highest BCUT2D eigenvalue weighted by Gasteiger charge is 2.25. The first kappa shape index (κ1) is 11.1. The summed E-state index contributed by atoms with van der Waals surface area (Å²) in [5.74, 6) is 0.304. The van der Waals surface area contributed by atoms with Gasteiger partial charge in [-0.1, -0.05) is 0 Å². The minimum Gasteiger partial charge on any atom is -0.374 e. The molecular formula is C13H16FNO. The molecule has 1 fully saturated rings. The number of hydrogen-bond acceptors (Lipinski definition) is 2. The molecule has 16 heavy (non-hydrogen) atoms. The molecule has 1 saturated carbocycles. The molecule has 0 aliphatic heterocycles. The Balaban J connectivity index is 1.99. The van der Waals surface area contributed by atoms with Gasteiger partial charge in [0.05, 0.1) is 0 Å². The number of anilines is 1. The van der Waals surface area contributed by atoms with Gasteiger partial charge >= 0.3 is 0 Å². The van der Waals surface area contributed by atoms with E-state index >= 15 is 0 Å². The van der Waals surface area contributed by atoms with Crippen LogP contribution >= 0.6 is 0 Å². The maximum Gasteiger partial charge on any atom is 0.137 e. The van der Waals surface area contributed by atoms with Crippen LogP contribution in [-0.2, 0) is 4.79 Å². The van der Waals surface area contributed by atoms with Gasteiger partial charge in [0.1, 0.15) is 11.6 Å². The number of hydrogen-bond donors (Lipinski definition) is 0. The monoisotopic (exact) mass is 221 g/mol. The lowest BCUT2D eigenvalue weighted by atomic mass is 10.1. The van der Waals surface area contributed by atoms with Crippen LogP contribution in [0.4, 0.5) is 10.1 Å². The standard InChI is InChI=1S/C13H16FNO/c1-15(9-10-3-2-4-13(10)16)12-7-5-11(14)6-8-12/h5-8,10H,2-4,9H2,1H3. The first-order valence-corrected chi connectivity index (χ1v) is 5.66. The molecule has 1 atom stereocenters. The fourth-order valence-electron chi connectivity index (χ4n) is 2.21. The van der Waals surface area contributed by atoms with Gasteiger partial charge in [-0.15, -0.1) is 0 Å². The number of nitrogens with zero attached hydrogens (tertiary/aromatic N) is 1. The quantitative estimate of drug-likeness (QED) is 0.782. The van der Waals surface area contributed by atoms with Crippen LogP contribution in [-0.4, -0.2) is 19.4 Å². The van der Waals surface area contributed by atoms with Crippen LogP contribution in [0, 0.1) is 11.7 Å². The van der Waals surface area contributed by atoms with Crippen LogP contribution in [0.25, 0.3) is 0 Å². The van der Waals surface area contributed by atoms with Gasteiger partial charge in [0, 0.05) is 31.6 Å². The molecule has 0 saturated heterocycles. The normalized spacial score (nSPS) is 20.1. The molecule has 1 aromatic rings. The van der Waals surface area contributed by atoms with Gasteiger partial charge in [-0.05, 0) is 37.1 Å². The smallest absolute Gasteiger partial charge is 0.137 e. The summed E-state index contributed by atoms with van der Waals surface area (Å²) in [6, 6.07) is 6.38. The summed E-state index contributed by atoms with van der Waals surface area (Å²) in [5, 5.41) is 0. The van der Waals surface area contributed by atoms with Gasteiger partial charge in [-0.3, -0.25) is 4.79 Å². The second-order valence-electron chi connectivity index (χ2n) is 4.41. The maximum absolute atomic E-state index is 12.7. The average molecular weight is 221 g/mol. The van der Waals surface area contributed by atoms with Gasteiger partial charge in [0.15, 0.2) is 0 Å². The highest BCUT2D eigenvalue weighted by atomic mass is 19.1. The van der Waals surface area contributed by atoms with E-state index in [0.717, 1.165) is 31.5 Å². The number of Topliss-reactive ketones (excluding diaryl/α,β-unsaturated/α-hetero) is 1. The van der Waals surface area contributed by atoms with Crippen molar-refractivity contribution in [2.24, 2.45) is 5.92 Å². The van der Waals surface area contributed by atoms with Crippen molar-refractivity contribution in [3.8, 4) is 0 Å². The molecule has 1 aliphatic rings. The summed E-state index contributed by atoms with van der Waals surface area (Å²) < 4.78 is 12.7. The molecule has 3 heteroatoms. The van der Waals surface area contributed by atoms with E-state index in [1.807, 2.05) is 11.9 Å². The molecule has 0 amide bonds. The summed E-state index contributed by atoms with van der Waals surface area (Å²) >= 11 is 0. The Labute approximate surface area is 95.1 Å². The molecule has 0 aromatic heterocycles. The van der Waals surface area contributed by atoms with Crippen LogP contribution in [0.3, 0.4) is 0 Å². The van der Waals surface area contributed by atoms with Gasteiger partial charge in [-0.25, -0.2) is 4.39 Å². The number of ketones is 1. The summed E-state index contributed by atoms with van der Waals surface area (Å²) in [6.07, 6.45) is 2.73. The lowest BCUT2D eigenvalue weighted by Crippen LogP contribution is -2.27. The Morgan fingerprint density at radius 1 is 1.38 bits per heavy atom. The van der Waals surface area contributed by atoms with Gasteiger partial charge in [0.2, 0.25) is 0 Å². The number of carbonyl (C=O) groups excluding carboxylic acids is 1. The number of rotatable bonds is 3. The highest BCUT2D eigenvalue weighted by Crippen LogP contribution is 2.24. The van der Waals surface area contributed by atoms with Crippen LogP contribution < -0.4 is 4.90 Å². The first-order valence-electron chi connectivity index (χ1n) is 5.66. The lowest BCUT2D eigenvalue weighted by Gasteiger charge is -2.22. The second-order valence-corrected chi connectivity index (χ2v) is 4.41. The van der Waals surface area contributed by atoms with Crippen LogP contribution in [0.5, 0.6) is 0 Å². The minimum atomic E-state index is -0.228. The summed E-state index contributed by atoms with van der Waals surface area (Å²) in [5.41, 5.74) is 0.959. The Kier molecular flexibility index (Phi) is 3.22. The summed E-state index contributed by atoms with van der Waals surface area (Å²) in [4.78, 5) is 13.5. The Morgan fingerprint density at radius 2 is 2.06 bits per heavy atom. The SMILES string of the molecule is CN(CC1CCCC1=O)c1ccc(F)cc1. The van der Waals surface area contributed by atoms with Crippen LogP contribution in [0.15, 0.2) is 24.3 Å². The van der Waals surface area contributed by atoms with Gasteiger partial charge < -0.3 is 4.90 Å². The van der Waals surface area contributed by atoms with Gasteiger partial charge in [0.25, 0.3) is 0 Å². The molecule has 2 nitrogen and oxygen atoms in total. The molecule has 0 heterocycles. The van der Waals surface area contributed by atoms with E-state index in [0.29, 0.717) is 5.78 Å². The van der Waals surface area contributed by atoms with E-state index < -0.39 is 0 Å². The molecule has 1 aromatic carbocycles. The third-order valence-corrected chi connectivity index (χ3v) is 3.19. The zero-order valence-corrected chi connectivity index (χ0v) is 9.45. The topological polar surface area (TPSA) is 20.3 Å². The Bertz CT molecular complexity index is 374. The van der Waals surface area contributed by atoms with Crippen molar-refractivity contribution >= 4 is 11.5 Å². The molecule has 1 aliphatic carbocycles. The highest BCUT2D eigenvalue weighted by molar-refractivity contribution is 5.83. The predicted molar refractivity (Wildman–Crippen MR) is 62.0 cm³/mol. The Hall–Kier alpha value is -1.38. The van der Waals surface area contributed by atoms with Crippen molar-refractivity contribution in [1.29, 1.82) is 0 Å². The third kappa shape index (κ3) is 2.40. The molecular weight excluding hydrogens is 205 g/mol. The first-order chi connectivity index (χ1) is 7.66. The van der Waals surface area contributed by atoms with E-state index in [-0.39, 0.29) is 11.7 Å². The van der Waals surface area contributed by atoms with Crippen molar-refractivity contribution in [2.75, 3.05) is 18.5 Å². The molecule has 0 bridgehead atoms. The number of carbonyl (C=O) groups is 1. The predicted octanol–water partition coefficient (Wildman–Crippen LogP) is 2.63. The zero-order chi connectivity index (χ0) is 11.5. The maximum atomic E-state index is 12.7. The fourth-order valence-corrected chi connectivity index (χ4v) is 2.21. The van der Waals surface area contributed by atoms with E-state index in [2.05, 4.69) is 0 Å². The van der Waals surface area contributed by atoms with Crippen molar-refractivity contribution in [2.45, 2.75) is 19.3 Å². The molecule has 0 spiro atoms. The molecule has 0 N–H and O–H groups in total. The van der Waals surface area contributed by atoms with E-state index in [9.17, 15) is 9.18 Å². The molecule has 0 radical (unpaired) electrons. The third-order valence-electron chi connectivity index (χ3n) is 3.19. The van der Waals surface area contributed by atoms with Crippen molar-refractivity contribution < 1.29 is 9.18 Å². The fraction of sp³-hybridized carbons (Fsp3) is 0.462. The number of halogens is 1. The van der Waals surface area contributed by atoms with Crippen LogP contribution in [0.2, 0.25) is 0 Å². The zero-order valence-electron chi connectivity index (χ0n) is 9.45. The van der Waals surface area contributed by atoms with Crippen molar-refractivity contribution in [1.82, 2.24) is 0 Å². The van der Waals surface area contributed by atoms with E-state index in [1.54, 1.807) is 12.1 Å². The average Bonchev–Trinajstić information content (AvgIpc) is 2.65. The van der Waals surface area contributed by atoms with E-state index in [1.165, 1.54) is 12.1 Å². The second kappa shape index (κ2) is 4.64. The Morgan fingerprint density at radius 3 is 2.62 bits per heavy atom. The lowest BCUT2D eigenvalue weighted by molar-refractivity contribution is -0.120. The largest absolute Gasteiger partial charge is 0.374 e. The molecule has 1 unspecified atom stereocenters. The van der Waals surface area contributed by atoms with Crippen molar-refractivity contribution in [3.05, 3.63) is 30.1 Å². The minimum absolute atomic E-state index is 0.162. The van der Waals surface area contributed by atoms with E-state index in [4.69, 9.17) is 0 Å². The van der Waals surface area contributed by atoms with Gasteiger partial charge in [-0.2, -0.15) is 0 Å². The summed E-state index contributed by atoms with van der Waals surface area (Å²) in [6.45, 7) is 0.741. The van der Waals surface area contributed by atoms with Crippen LogP contribution in [0.1, 0.15) is 19.3 Å². The van der Waals surface area contributed by atoms with Crippen molar-refractivity contribution in [3.63, 3.8) is 0 Å². The molecule has 86 valence electrons.